The number of nitrogens with one attached hydrogen (secondary N) is 1. The second-order valence-corrected chi connectivity index (χ2v) is 6.25. The van der Waals surface area contributed by atoms with E-state index in [0.29, 0.717) is 25.8 Å². The molecule has 122 valence electrons. The van der Waals surface area contributed by atoms with Crippen LogP contribution >= 0.6 is 0 Å². The third kappa shape index (κ3) is 4.41. The van der Waals surface area contributed by atoms with Crippen molar-refractivity contribution in [3.63, 3.8) is 0 Å². The first-order chi connectivity index (χ1) is 10.3. The van der Waals surface area contributed by atoms with Crippen LogP contribution < -0.4 is 5.32 Å². The summed E-state index contributed by atoms with van der Waals surface area (Å²) in [5.74, 6) is 0.0760. The smallest absolute Gasteiger partial charge is 0.230 e. The van der Waals surface area contributed by atoms with E-state index < -0.39 is 0 Å². The molecule has 1 aliphatic heterocycles. The van der Waals surface area contributed by atoms with E-state index in [1.165, 1.54) is 19.3 Å². The molecule has 2 atom stereocenters. The third-order valence-corrected chi connectivity index (χ3v) is 4.69. The van der Waals surface area contributed by atoms with E-state index in [4.69, 9.17) is 4.74 Å². The fraction of sp³-hybridized carbons (Fsp3) is 0.938. The lowest BCUT2D eigenvalue weighted by molar-refractivity contribution is -0.139. The van der Waals surface area contributed by atoms with Crippen molar-refractivity contribution >= 4 is 5.91 Å². The lowest BCUT2D eigenvalue weighted by Gasteiger charge is -2.36. The van der Waals surface area contributed by atoms with Crippen molar-refractivity contribution in [1.29, 1.82) is 0 Å². The molecule has 1 saturated carbocycles. The van der Waals surface area contributed by atoms with Crippen molar-refractivity contribution in [1.82, 2.24) is 10.2 Å². The Bertz CT molecular complexity index is 319. The Labute approximate surface area is 128 Å². The SMILES string of the molecule is CCCNC1COCC1C(=O)N(CCO)C1CCCCC1. The molecular weight excluding hydrogens is 268 g/mol. The lowest BCUT2D eigenvalue weighted by Crippen LogP contribution is -2.50. The normalized spacial score (nSPS) is 27.0. The third-order valence-electron chi connectivity index (χ3n) is 4.69. The Morgan fingerprint density at radius 1 is 1.29 bits per heavy atom. The number of ether oxygens (including phenoxy) is 1. The predicted octanol–water partition coefficient (Wildman–Crippen LogP) is 1.15. The van der Waals surface area contributed by atoms with Gasteiger partial charge in [0, 0.05) is 18.6 Å². The summed E-state index contributed by atoms with van der Waals surface area (Å²) in [5.41, 5.74) is 0. The largest absolute Gasteiger partial charge is 0.395 e. The Hall–Kier alpha value is -0.650. The minimum Gasteiger partial charge on any atom is -0.395 e. The molecule has 5 heteroatoms. The minimum absolute atomic E-state index is 0.0445. The lowest BCUT2D eigenvalue weighted by atomic mass is 9.92. The van der Waals surface area contributed by atoms with Gasteiger partial charge >= 0.3 is 0 Å². The summed E-state index contributed by atoms with van der Waals surface area (Å²) in [7, 11) is 0. The Balaban J connectivity index is 1.98. The first-order valence-electron chi connectivity index (χ1n) is 8.50. The molecular formula is C16H30N2O3. The maximum atomic E-state index is 12.9. The van der Waals surface area contributed by atoms with Gasteiger partial charge in [-0.15, -0.1) is 0 Å². The summed E-state index contributed by atoms with van der Waals surface area (Å²) in [6, 6.07) is 0.438. The van der Waals surface area contributed by atoms with Gasteiger partial charge in [0.15, 0.2) is 0 Å². The molecule has 0 radical (unpaired) electrons. The minimum atomic E-state index is -0.0926. The molecule has 1 saturated heterocycles. The van der Waals surface area contributed by atoms with Crippen molar-refractivity contribution in [2.75, 3.05) is 32.9 Å². The van der Waals surface area contributed by atoms with E-state index in [-0.39, 0.29) is 24.5 Å². The zero-order valence-electron chi connectivity index (χ0n) is 13.2. The predicted molar refractivity (Wildman–Crippen MR) is 82.1 cm³/mol. The van der Waals surface area contributed by atoms with Crippen LogP contribution in [-0.2, 0) is 9.53 Å². The zero-order chi connectivity index (χ0) is 15.1. The molecule has 1 amide bonds. The number of hydrogen-bond donors (Lipinski definition) is 2. The number of amides is 1. The number of rotatable bonds is 7. The van der Waals surface area contributed by atoms with Crippen LogP contribution in [0.5, 0.6) is 0 Å². The molecule has 2 aliphatic rings. The maximum absolute atomic E-state index is 12.9. The molecule has 21 heavy (non-hydrogen) atoms. The number of aliphatic hydroxyl groups excluding tert-OH is 1. The maximum Gasteiger partial charge on any atom is 0.230 e. The van der Waals surface area contributed by atoms with Gasteiger partial charge in [0.05, 0.1) is 25.7 Å². The quantitative estimate of drug-likeness (QED) is 0.740. The molecule has 1 heterocycles. The summed E-state index contributed by atoms with van der Waals surface area (Å²) in [4.78, 5) is 14.8. The highest BCUT2D eigenvalue weighted by atomic mass is 16.5. The van der Waals surface area contributed by atoms with Gasteiger partial charge in [0.25, 0.3) is 0 Å². The van der Waals surface area contributed by atoms with Crippen LogP contribution in [0.25, 0.3) is 0 Å². The summed E-state index contributed by atoms with van der Waals surface area (Å²) >= 11 is 0. The summed E-state index contributed by atoms with van der Waals surface area (Å²) < 4.78 is 5.53. The number of hydrogen-bond acceptors (Lipinski definition) is 4. The molecule has 0 aromatic heterocycles. The summed E-state index contributed by atoms with van der Waals surface area (Å²) in [6.07, 6.45) is 6.86. The average molecular weight is 298 g/mol. The van der Waals surface area contributed by atoms with Gasteiger partial charge in [-0.25, -0.2) is 0 Å². The van der Waals surface area contributed by atoms with Crippen LogP contribution in [0, 0.1) is 5.92 Å². The molecule has 2 fully saturated rings. The van der Waals surface area contributed by atoms with Gasteiger partial charge in [0.2, 0.25) is 5.91 Å². The van der Waals surface area contributed by atoms with Crippen molar-refractivity contribution in [2.45, 2.75) is 57.5 Å². The molecule has 0 bridgehead atoms. The highest BCUT2D eigenvalue weighted by molar-refractivity contribution is 5.80. The fourth-order valence-corrected chi connectivity index (χ4v) is 3.51. The zero-order valence-corrected chi connectivity index (χ0v) is 13.2. The number of aliphatic hydroxyl groups is 1. The molecule has 2 N–H and O–H groups in total. The number of carbonyl (C=O) groups is 1. The molecule has 0 spiro atoms. The number of carbonyl (C=O) groups excluding carboxylic acids is 1. The van der Waals surface area contributed by atoms with Crippen LogP contribution in [0.2, 0.25) is 0 Å². The Morgan fingerprint density at radius 2 is 2.05 bits per heavy atom. The second-order valence-electron chi connectivity index (χ2n) is 6.25. The summed E-state index contributed by atoms with van der Waals surface area (Å²) in [5, 5.41) is 12.8. The van der Waals surface area contributed by atoms with Gasteiger partial charge in [-0.3, -0.25) is 4.79 Å². The van der Waals surface area contributed by atoms with E-state index in [1.807, 2.05) is 4.90 Å². The first kappa shape index (κ1) is 16.7. The van der Waals surface area contributed by atoms with Gasteiger partial charge in [-0.1, -0.05) is 26.2 Å². The van der Waals surface area contributed by atoms with Gasteiger partial charge in [-0.2, -0.15) is 0 Å². The van der Waals surface area contributed by atoms with E-state index in [9.17, 15) is 9.90 Å². The molecule has 2 rings (SSSR count). The van der Waals surface area contributed by atoms with Crippen LogP contribution in [0.15, 0.2) is 0 Å². The van der Waals surface area contributed by atoms with Crippen LogP contribution in [0.1, 0.15) is 45.4 Å². The topological polar surface area (TPSA) is 61.8 Å². The average Bonchev–Trinajstić information content (AvgIpc) is 2.99. The highest BCUT2D eigenvalue weighted by Crippen LogP contribution is 2.26. The standard InChI is InChI=1S/C16H30N2O3/c1-2-8-17-15-12-21-11-14(15)16(20)18(9-10-19)13-6-4-3-5-7-13/h13-15,17,19H,2-12H2,1H3. The molecule has 0 aromatic rings. The van der Waals surface area contributed by atoms with Crippen molar-refractivity contribution in [3.05, 3.63) is 0 Å². The van der Waals surface area contributed by atoms with E-state index in [1.54, 1.807) is 0 Å². The first-order valence-corrected chi connectivity index (χ1v) is 8.50. The fourth-order valence-electron chi connectivity index (χ4n) is 3.51. The second kappa shape index (κ2) is 8.71. The van der Waals surface area contributed by atoms with Crippen molar-refractivity contribution in [3.8, 4) is 0 Å². The van der Waals surface area contributed by atoms with E-state index in [0.717, 1.165) is 25.8 Å². The highest BCUT2D eigenvalue weighted by Gasteiger charge is 2.38. The van der Waals surface area contributed by atoms with Crippen LogP contribution in [0.4, 0.5) is 0 Å². The Morgan fingerprint density at radius 3 is 2.71 bits per heavy atom. The van der Waals surface area contributed by atoms with Crippen LogP contribution in [-0.4, -0.2) is 60.9 Å². The van der Waals surface area contributed by atoms with Gasteiger partial charge < -0.3 is 20.1 Å². The molecule has 2 unspecified atom stereocenters. The summed E-state index contributed by atoms with van der Waals surface area (Å²) in [6.45, 7) is 4.67. The van der Waals surface area contributed by atoms with Crippen molar-refractivity contribution < 1.29 is 14.6 Å². The molecule has 5 nitrogen and oxygen atoms in total. The van der Waals surface area contributed by atoms with Gasteiger partial charge in [0.1, 0.15) is 0 Å². The van der Waals surface area contributed by atoms with Crippen LogP contribution in [0.3, 0.4) is 0 Å². The van der Waals surface area contributed by atoms with E-state index in [2.05, 4.69) is 12.2 Å². The molecule has 0 aromatic carbocycles. The molecule has 1 aliphatic carbocycles. The van der Waals surface area contributed by atoms with E-state index >= 15 is 0 Å². The van der Waals surface area contributed by atoms with Gasteiger partial charge in [-0.05, 0) is 25.8 Å². The Kier molecular flexibility index (Phi) is 6.93. The monoisotopic (exact) mass is 298 g/mol. The number of nitrogens with zero attached hydrogens (tertiary/aromatic N) is 1. The van der Waals surface area contributed by atoms with Crippen molar-refractivity contribution in [2.24, 2.45) is 5.92 Å².